The Kier molecular flexibility index (Phi) is 5.54. The molecule has 0 aliphatic carbocycles. The number of carbonyl (C=O) groups excluding carboxylic acids is 1. The number of aliphatic carboxylic acids is 1. The maximum absolute atomic E-state index is 11.9. The van der Waals surface area contributed by atoms with Crippen molar-refractivity contribution in [1.82, 2.24) is 0 Å². The molecule has 0 aliphatic rings. The highest BCUT2D eigenvalue weighted by Crippen LogP contribution is 2.31. The van der Waals surface area contributed by atoms with Crippen molar-refractivity contribution in [3.8, 4) is 0 Å². The molecule has 0 atom stereocenters. The molecule has 1 amide bonds. The van der Waals surface area contributed by atoms with Crippen LogP contribution in [0.5, 0.6) is 0 Å². The smallest absolute Gasteiger partial charge is 0.310 e. The van der Waals surface area contributed by atoms with Crippen LogP contribution in [-0.4, -0.2) is 17.0 Å². The van der Waals surface area contributed by atoms with Gasteiger partial charge in [0.2, 0.25) is 5.91 Å². The summed E-state index contributed by atoms with van der Waals surface area (Å²) in [6, 6.07) is 7.17. The standard InChI is InChI=1S/C14H18BrNO3/c1-3-14(4-2,13(18)19)9-12(17)16-11-7-5-10(15)6-8-11/h5-8H,3-4,9H2,1-2H3,(H,16,17)(H,18,19). The van der Waals surface area contributed by atoms with Crippen molar-refractivity contribution in [3.05, 3.63) is 28.7 Å². The summed E-state index contributed by atoms with van der Waals surface area (Å²) < 4.78 is 0.924. The van der Waals surface area contributed by atoms with Crippen LogP contribution in [0.1, 0.15) is 33.1 Å². The lowest BCUT2D eigenvalue weighted by molar-refractivity contribution is -0.151. The largest absolute Gasteiger partial charge is 0.481 e. The van der Waals surface area contributed by atoms with E-state index in [0.29, 0.717) is 18.5 Å². The number of hydrogen-bond acceptors (Lipinski definition) is 2. The van der Waals surface area contributed by atoms with Gasteiger partial charge in [0.1, 0.15) is 0 Å². The van der Waals surface area contributed by atoms with Gasteiger partial charge in [0.05, 0.1) is 5.41 Å². The Bertz CT molecular complexity index is 452. The molecule has 0 unspecified atom stereocenters. The molecule has 104 valence electrons. The highest BCUT2D eigenvalue weighted by molar-refractivity contribution is 9.10. The fourth-order valence-corrected chi connectivity index (χ4v) is 2.19. The van der Waals surface area contributed by atoms with E-state index in [1.54, 1.807) is 26.0 Å². The summed E-state index contributed by atoms with van der Waals surface area (Å²) in [4.78, 5) is 23.3. The monoisotopic (exact) mass is 327 g/mol. The Morgan fingerprint density at radius 3 is 2.16 bits per heavy atom. The maximum atomic E-state index is 11.9. The Balaban J connectivity index is 2.73. The molecule has 0 saturated carbocycles. The lowest BCUT2D eigenvalue weighted by Crippen LogP contribution is -2.34. The van der Waals surface area contributed by atoms with Crippen molar-refractivity contribution in [2.45, 2.75) is 33.1 Å². The second-order valence-corrected chi connectivity index (χ2v) is 5.44. The minimum Gasteiger partial charge on any atom is -0.481 e. The van der Waals surface area contributed by atoms with Crippen molar-refractivity contribution in [2.75, 3.05) is 5.32 Å². The van der Waals surface area contributed by atoms with Crippen LogP contribution in [0.25, 0.3) is 0 Å². The van der Waals surface area contributed by atoms with Gasteiger partial charge in [-0.15, -0.1) is 0 Å². The minimum absolute atomic E-state index is 0.00853. The Labute approximate surface area is 121 Å². The van der Waals surface area contributed by atoms with Crippen molar-refractivity contribution in [3.63, 3.8) is 0 Å². The zero-order valence-electron chi connectivity index (χ0n) is 11.1. The van der Waals surface area contributed by atoms with Gasteiger partial charge in [-0.05, 0) is 37.1 Å². The number of benzene rings is 1. The fraction of sp³-hybridized carbons (Fsp3) is 0.429. The first-order chi connectivity index (χ1) is 8.93. The summed E-state index contributed by atoms with van der Waals surface area (Å²) in [6.45, 7) is 3.59. The summed E-state index contributed by atoms with van der Waals surface area (Å²) in [5.74, 6) is -1.18. The number of carboxylic acids is 1. The molecule has 1 aromatic rings. The molecule has 1 rings (SSSR count). The van der Waals surface area contributed by atoms with E-state index in [1.165, 1.54) is 0 Å². The van der Waals surface area contributed by atoms with E-state index >= 15 is 0 Å². The highest BCUT2D eigenvalue weighted by atomic mass is 79.9. The van der Waals surface area contributed by atoms with E-state index in [0.717, 1.165) is 4.47 Å². The number of rotatable bonds is 6. The first-order valence-corrected chi connectivity index (χ1v) is 7.01. The first-order valence-electron chi connectivity index (χ1n) is 6.22. The highest BCUT2D eigenvalue weighted by Gasteiger charge is 2.37. The number of carboxylic acid groups (broad SMARTS) is 1. The predicted molar refractivity (Wildman–Crippen MR) is 78.0 cm³/mol. The van der Waals surface area contributed by atoms with Crippen LogP contribution in [0, 0.1) is 5.41 Å². The van der Waals surface area contributed by atoms with Gasteiger partial charge < -0.3 is 10.4 Å². The van der Waals surface area contributed by atoms with E-state index in [4.69, 9.17) is 0 Å². The fourth-order valence-electron chi connectivity index (χ4n) is 1.92. The van der Waals surface area contributed by atoms with Gasteiger partial charge in [-0.25, -0.2) is 0 Å². The molecule has 5 heteroatoms. The van der Waals surface area contributed by atoms with Gasteiger partial charge in [-0.3, -0.25) is 9.59 Å². The number of carbonyl (C=O) groups is 2. The molecule has 0 aliphatic heterocycles. The molecule has 1 aromatic carbocycles. The molecule has 2 N–H and O–H groups in total. The summed E-state index contributed by atoms with van der Waals surface area (Å²) in [5, 5.41) is 12.0. The molecule has 0 radical (unpaired) electrons. The van der Waals surface area contributed by atoms with Gasteiger partial charge in [-0.2, -0.15) is 0 Å². The molecule has 0 heterocycles. The second-order valence-electron chi connectivity index (χ2n) is 4.52. The SMILES string of the molecule is CCC(CC)(CC(=O)Nc1ccc(Br)cc1)C(=O)O. The third-order valence-corrected chi connectivity index (χ3v) is 3.96. The van der Waals surface area contributed by atoms with E-state index < -0.39 is 11.4 Å². The van der Waals surface area contributed by atoms with Crippen LogP contribution < -0.4 is 5.32 Å². The zero-order chi connectivity index (χ0) is 14.5. The lowest BCUT2D eigenvalue weighted by atomic mass is 9.79. The minimum atomic E-state index is -0.973. The Morgan fingerprint density at radius 1 is 1.21 bits per heavy atom. The Hall–Kier alpha value is -1.36. The molecule has 0 aromatic heterocycles. The van der Waals surface area contributed by atoms with Crippen molar-refractivity contribution >= 4 is 33.5 Å². The van der Waals surface area contributed by atoms with Gasteiger partial charge in [0, 0.05) is 16.6 Å². The summed E-state index contributed by atoms with van der Waals surface area (Å²) >= 11 is 3.31. The quantitative estimate of drug-likeness (QED) is 0.837. The summed E-state index contributed by atoms with van der Waals surface area (Å²) in [5.41, 5.74) is -0.306. The van der Waals surface area contributed by atoms with Gasteiger partial charge in [0.25, 0.3) is 0 Å². The number of hydrogen-bond donors (Lipinski definition) is 2. The van der Waals surface area contributed by atoms with Gasteiger partial charge in [-0.1, -0.05) is 29.8 Å². The average Bonchev–Trinajstić information content (AvgIpc) is 2.38. The molecule has 4 nitrogen and oxygen atoms in total. The van der Waals surface area contributed by atoms with E-state index in [1.807, 2.05) is 12.1 Å². The number of halogens is 1. The molecule has 0 fully saturated rings. The van der Waals surface area contributed by atoms with Gasteiger partial charge in [0.15, 0.2) is 0 Å². The summed E-state index contributed by atoms with van der Waals surface area (Å²) in [7, 11) is 0. The predicted octanol–water partition coefficient (Wildman–Crippen LogP) is 3.67. The topological polar surface area (TPSA) is 66.4 Å². The number of nitrogens with one attached hydrogen (secondary N) is 1. The second kappa shape index (κ2) is 6.70. The van der Waals surface area contributed by atoms with Crippen LogP contribution in [0.3, 0.4) is 0 Å². The molecule has 0 bridgehead atoms. The number of amides is 1. The van der Waals surface area contributed by atoms with E-state index in [9.17, 15) is 14.7 Å². The van der Waals surface area contributed by atoms with Crippen LogP contribution in [0.2, 0.25) is 0 Å². The van der Waals surface area contributed by atoms with Crippen molar-refractivity contribution in [2.24, 2.45) is 5.41 Å². The van der Waals surface area contributed by atoms with Gasteiger partial charge >= 0.3 is 5.97 Å². The first kappa shape index (κ1) is 15.7. The van der Waals surface area contributed by atoms with E-state index in [2.05, 4.69) is 21.2 Å². The summed E-state index contributed by atoms with van der Waals surface area (Å²) in [6.07, 6.45) is 0.866. The average molecular weight is 328 g/mol. The third kappa shape index (κ3) is 4.06. The lowest BCUT2D eigenvalue weighted by Gasteiger charge is -2.25. The Morgan fingerprint density at radius 2 is 1.74 bits per heavy atom. The van der Waals surface area contributed by atoms with Crippen molar-refractivity contribution < 1.29 is 14.7 Å². The van der Waals surface area contributed by atoms with E-state index in [-0.39, 0.29) is 12.3 Å². The molecular formula is C14H18BrNO3. The molecule has 19 heavy (non-hydrogen) atoms. The number of anilines is 1. The molecule has 0 saturated heterocycles. The zero-order valence-corrected chi connectivity index (χ0v) is 12.7. The molecule has 0 spiro atoms. The maximum Gasteiger partial charge on any atom is 0.310 e. The van der Waals surface area contributed by atoms with Crippen LogP contribution in [0.15, 0.2) is 28.7 Å². The van der Waals surface area contributed by atoms with Crippen LogP contribution >= 0.6 is 15.9 Å². The third-order valence-electron chi connectivity index (χ3n) is 3.43. The van der Waals surface area contributed by atoms with Crippen molar-refractivity contribution in [1.29, 1.82) is 0 Å². The normalized spacial score (nSPS) is 11.1. The molecular weight excluding hydrogens is 310 g/mol. The van der Waals surface area contributed by atoms with Crippen LogP contribution in [0.4, 0.5) is 5.69 Å². The van der Waals surface area contributed by atoms with Crippen LogP contribution in [-0.2, 0) is 9.59 Å².